The third kappa shape index (κ3) is 4.22. The number of hydrogen-bond acceptors (Lipinski definition) is 4. The van der Waals surface area contributed by atoms with Gasteiger partial charge in [0.2, 0.25) is 5.91 Å². The van der Waals surface area contributed by atoms with Gasteiger partial charge in [0.15, 0.2) is 0 Å². The Labute approximate surface area is 100 Å². The Morgan fingerprint density at radius 1 is 1.35 bits per heavy atom. The average molecular weight is 236 g/mol. The van der Waals surface area contributed by atoms with E-state index in [4.69, 9.17) is 4.74 Å². The van der Waals surface area contributed by atoms with Crippen molar-refractivity contribution in [1.82, 2.24) is 10.3 Å². The van der Waals surface area contributed by atoms with Crippen molar-refractivity contribution >= 4 is 11.9 Å². The van der Waals surface area contributed by atoms with Crippen LogP contribution in [0.2, 0.25) is 0 Å². The van der Waals surface area contributed by atoms with Crippen LogP contribution in [0.4, 0.5) is 0 Å². The monoisotopic (exact) mass is 236 g/mol. The van der Waals surface area contributed by atoms with Crippen LogP contribution in [-0.4, -0.2) is 30.0 Å². The van der Waals surface area contributed by atoms with Crippen molar-refractivity contribution in [2.24, 2.45) is 0 Å². The van der Waals surface area contributed by atoms with Crippen molar-refractivity contribution in [2.75, 3.05) is 13.2 Å². The van der Waals surface area contributed by atoms with E-state index < -0.39 is 5.97 Å². The second kappa shape index (κ2) is 6.62. The maximum absolute atomic E-state index is 11.3. The standard InChI is InChI=1S/C12H16N2O3/c1-3-13-11(15)7-10-6-5-9(8-14-10)12(16)17-4-2/h5-6,8H,3-4,7H2,1-2H3,(H,13,15). The molecule has 0 bridgehead atoms. The SMILES string of the molecule is CCNC(=O)Cc1ccc(C(=O)OCC)cn1. The smallest absolute Gasteiger partial charge is 0.339 e. The summed E-state index contributed by atoms with van der Waals surface area (Å²) in [6, 6.07) is 3.26. The normalized spacial score (nSPS) is 9.76. The Bertz CT molecular complexity index is 387. The molecule has 0 atom stereocenters. The van der Waals surface area contributed by atoms with E-state index in [9.17, 15) is 9.59 Å². The molecule has 5 heteroatoms. The molecule has 0 spiro atoms. The topological polar surface area (TPSA) is 68.3 Å². The number of ether oxygens (including phenoxy) is 1. The van der Waals surface area contributed by atoms with Crippen molar-refractivity contribution < 1.29 is 14.3 Å². The minimum Gasteiger partial charge on any atom is -0.462 e. The van der Waals surface area contributed by atoms with E-state index in [0.29, 0.717) is 24.4 Å². The van der Waals surface area contributed by atoms with E-state index in [1.54, 1.807) is 19.1 Å². The minimum absolute atomic E-state index is 0.0797. The summed E-state index contributed by atoms with van der Waals surface area (Å²) in [5.74, 6) is -0.478. The quantitative estimate of drug-likeness (QED) is 0.772. The Morgan fingerprint density at radius 2 is 2.12 bits per heavy atom. The summed E-state index contributed by atoms with van der Waals surface area (Å²) in [6.45, 7) is 4.53. The first-order chi connectivity index (χ1) is 8.17. The van der Waals surface area contributed by atoms with Crippen molar-refractivity contribution in [3.05, 3.63) is 29.6 Å². The molecular formula is C12H16N2O3. The van der Waals surface area contributed by atoms with Crippen molar-refractivity contribution in [1.29, 1.82) is 0 Å². The molecule has 1 heterocycles. The summed E-state index contributed by atoms with van der Waals surface area (Å²) in [7, 11) is 0. The van der Waals surface area contributed by atoms with Crippen LogP contribution in [0, 0.1) is 0 Å². The summed E-state index contributed by atoms with van der Waals surface area (Å²) >= 11 is 0. The molecule has 1 rings (SSSR count). The lowest BCUT2D eigenvalue weighted by Crippen LogP contribution is -2.24. The Balaban J connectivity index is 2.61. The largest absolute Gasteiger partial charge is 0.462 e. The molecule has 0 aromatic carbocycles. The van der Waals surface area contributed by atoms with Gasteiger partial charge < -0.3 is 10.1 Å². The number of nitrogens with one attached hydrogen (secondary N) is 1. The zero-order chi connectivity index (χ0) is 12.7. The molecule has 1 amide bonds. The summed E-state index contributed by atoms with van der Waals surface area (Å²) in [6.07, 6.45) is 1.64. The number of pyridine rings is 1. The lowest BCUT2D eigenvalue weighted by Gasteiger charge is -2.03. The third-order valence-corrected chi connectivity index (χ3v) is 2.05. The summed E-state index contributed by atoms with van der Waals surface area (Å²) in [5, 5.41) is 2.68. The summed E-state index contributed by atoms with van der Waals surface area (Å²) in [5.41, 5.74) is 1.02. The molecule has 0 saturated heterocycles. The molecule has 0 aliphatic carbocycles. The van der Waals surface area contributed by atoms with Crippen LogP contribution in [0.25, 0.3) is 0 Å². The fourth-order valence-electron chi connectivity index (χ4n) is 1.29. The van der Waals surface area contributed by atoms with Gasteiger partial charge in [-0.3, -0.25) is 9.78 Å². The number of likely N-dealkylation sites (N-methyl/N-ethyl adjacent to an activating group) is 1. The Morgan fingerprint density at radius 3 is 2.65 bits per heavy atom. The molecule has 0 radical (unpaired) electrons. The van der Waals surface area contributed by atoms with E-state index in [0.717, 1.165) is 0 Å². The van der Waals surface area contributed by atoms with Gasteiger partial charge in [-0.25, -0.2) is 4.79 Å². The molecule has 0 saturated carbocycles. The lowest BCUT2D eigenvalue weighted by molar-refractivity contribution is -0.120. The van der Waals surface area contributed by atoms with Gasteiger partial charge in [-0.15, -0.1) is 0 Å². The van der Waals surface area contributed by atoms with E-state index >= 15 is 0 Å². The van der Waals surface area contributed by atoms with Crippen molar-refractivity contribution in [3.63, 3.8) is 0 Å². The van der Waals surface area contributed by atoms with E-state index in [1.165, 1.54) is 6.20 Å². The molecule has 1 aromatic rings. The van der Waals surface area contributed by atoms with E-state index in [-0.39, 0.29) is 12.3 Å². The van der Waals surface area contributed by atoms with Crippen LogP contribution in [0.5, 0.6) is 0 Å². The average Bonchev–Trinajstić information content (AvgIpc) is 2.30. The van der Waals surface area contributed by atoms with Gasteiger partial charge in [0.25, 0.3) is 0 Å². The van der Waals surface area contributed by atoms with Gasteiger partial charge in [0, 0.05) is 18.4 Å². The Hall–Kier alpha value is -1.91. The van der Waals surface area contributed by atoms with Gasteiger partial charge in [0.05, 0.1) is 18.6 Å². The number of esters is 1. The lowest BCUT2D eigenvalue weighted by atomic mass is 10.2. The number of carbonyl (C=O) groups excluding carboxylic acids is 2. The van der Waals surface area contributed by atoms with Gasteiger partial charge in [-0.2, -0.15) is 0 Å². The first-order valence-corrected chi connectivity index (χ1v) is 5.56. The van der Waals surface area contributed by atoms with Crippen LogP contribution in [0.1, 0.15) is 29.9 Å². The highest BCUT2D eigenvalue weighted by molar-refractivity contribution is 5.89. The van der Waals surface area contributed by atoms with Crippen LogP contribution in [0.15, 0.2) is 18.3 Å². The maximum atomic E-state index is 11.3. The number of aromatic nitrogens is 1. The fourth-order valence-corrected chi connectivity index (χ4v) is 1.29. The second-order valence-electron chi connectivity index (χ2n) is 3.39. The van der Waals surface area contributed by atoms with Crippen molar-refractivity contribution in [3.8, 4) is 0 Å². The van der Waals surface area contributed by atoms with Crippen LogP contribution < -0.4 is 5.32 Å². The molecule has 0 fully saturated rings. The maximum Gasteiger partial charge on any atom is 0.339 e. The van der Waals surface area contributed by atoms with Crippen molar-refractivity contribution in [2.45, 2.75) is 20.3 Å². The number of hydrogen-bond donors (Lipinski definition) is 1. The molecule has 5 nitrogen and oxygen atoms in total. The molecular weight excluding hydrogens is 220 g/mol. The Kier molecular flexibility index (Phi) is 5.13. The molecule has 0 aliphatic rings. The second-order valence-corrected chi connectivity index (χ2v) is 3.39. The fraction of sp³-hybridized carbons (Fsp3) is 0.417. The first-order valence-electron chi connectivity index (χ1n) is 5.56. The summed E-state index contributed by atoms with van der Waals surface area (Å²) < 4.78 is 4.83. The summed E-state index contributed by atoms with van der Waals surface area (Å²) in [4.78, 5) is 26.7. The van der Waals surface area contributed by atoms with Crippen LogP contribution in [-0.2, 0) is 16.0 Å². The van der Waals surface area contributed by atoms with Crippen LogP contribution >= 0.6 is 0 Å². The van der Waals surface area contributed by atoms with Gasteiger partial charge in [-0.1, -0.05) is 0 Å². The number of carbonyl (C=O) groups is 2. The first kappa shape index (κ1) is 13.2. The van der Waals surface area contributed by atoms with E-state index in [1.807, 2.05) is 6.92 Å². The number of nitrogens with zero attached hydrogens (tertiary/aromatic N) is 1. The van der Waals surface area contributed by atoms with Crippen LogP contribution in [0.3, 0.4) is 0 Å². The molecule has 92 valence electrons. The van der Waals surface area contributed by atoms with E-state index in [2.05, 4.69) is 10.3 Å². The number of rotatable bonds is 5. The predicted molar refractivity (Wildman–Crippen MR) is 62.6 cm³/mol. The minimum atomic E-state index is -0.399. The molecule has 1 N–H and O–H groups in total. The number of amides is 1. The molecule has 17 heavy (non-hydrogen) atoms. The highest BCUT2D eigenvalue weighted by Crippen LogP contribution is 2.03. The molecule has 1 aromatic heterocycles. The molecule has 0 aliphatic heterocycles. The zero-order valence-electron chi connectivity index (χ0n) is 10.0. The third-order valence-electron chi connectivity index (χ3n) is 2.05. The predicted octanol–water partition coefficient (Wildman–Crippen LogP) is 0.937. The zero-order valence-corrected chi connectivity index (χ0v) is 10.0. The highest BCUT2D eigenvalue weighted by Gasteiger charge is 2.08. The molecule has 0 unspecified atom stereocenters. The van der Waals surface area contributed by atoms with Gasteiger partial charge in [-0.05, 0) is 26.0 Å². The van der Waals surface area contributed by atoms with Gasteiger partial charge in [0.1, 0.15) is 0 Å². The highest BCUT2D eigenvalue weighted by atomic mass is 16.5. The van der Waals surface area contributed by atoms with Gasteiger partial charge >= 0.3 is 5.97 Å².